The summed E-state index contributed by atoms with van der Waals surface area (Å²) in [6, 6.07) is 21.5. The van der Waals surface area contributed by atoms with E-state index in [-0.39, 0.29) is 5.82 Å². The van der Waals surface area contributed by atoms with Crippen LogP contribution in [0, 0.1) is 5.82 Å². The summed E-state index contributed by atoms with van der Waals surface area (Å²) in [6.07, 6.45) is 7.91. The lowest BCUT2D eigenvalue weighted by molar-refractivity contribution is 0.631. The number of hydrogen-bond donors (Lipinski definition) is 0. The molecule has 0 amide bonds. The lowest BCUT2D eigenvalue weighted by Crippen LogP contribution is -1.87. The van der Waals surface area contributed by atoms with Crippen LogP contribution in [-0.4, -0.2) is 6.21 Å². The molecule has 28 heavy (non-hydrogen) atoms. The minimum atomic E-state index is -0.253. The second kappa shape index (κ2) is 9.80. The van der Waals surface area contributed by atoms with Gasteiger partial charge in [0.1, 0.15) is 5.82 Å². The Morgan fingerprint density at radius 3 is 2.29 bits per heavy atom. The molecular formula is C26H26FN. The molecule has 0 aromatic heterocycles. The molecule has 0 aliphatic carbocycles. The fourth-order valence-corrected chi connectivity index (χ4v) is 3.11. The van der Waals surface area contributed by atoms with Crippen LogP contribution in [0.1, 0.15) is 36.5 Å². The van der Waals surface area contributed by atoms with Crippen molar-refractivity contribution in [1.82, 2.24) is 0 Å². The highest BCUT2D eigenvalue weighted by molar-refractivity contribution is 5.82. The maximum Gasteiger partial charge on any atom is 0.133 e. The molecule has 0 aliphatic rings. The zero-order valence-corrected chi connectivity index (χ0v) is 16.4. The molecule has 0 saturated carbocycles. The average molecular weight is 371 g/mol. The van der Waals surface area contributed by atoms with Crippen LogP contribution in [0.15, 0.2) is 84.4 Å². The number of hydrogen-bond acceptors (Lipinski definition) is 1. The highest BCUT2D eigenvalue weighted by atomic mass is 19.1. The summed E-state index contributed by atoms with van der Waals surface area (Å²) in [5.41, 5.74) is 5.66. The topological polar surface area (TPSA) is 12.4 Å². The van der Waals surface area contributed by atoms with Crippen LogP contribution < -0.4 is 0 Å². The molecule has 142 valence electrons. The van der Waals surface area contributed by atoms with Crippen molar-refractivity contribution in [3.8, 4) is 11.1 Å². The minimum Gasteiger partial charge on any atom is -0.256 e. The molecule has 3 aromatic carbocycles. The standard InChI is InChI=1S/C26H26FN/c1-3-5-6-7-21-8-10-22(11-9-21)19-28-24-16-17-25(26(27)18-24)23-14-12-20(4-2)13-15-23/h3,8-19H,1,4-7H2,2H3. The van der Waals surface area contributed by atoms with Gasteiger partial charge in [-0.2, -0.15) is 0 Å². The zero-order valence-electron chi connectivity index (χ0n) is 16.4. The fraction of sp³-hybridized carbons (Fsp3) is 0.192. The Hall–Kier alpha value is -3.00. The van der Waals surface area contributed by atoms with E-state index in [0.29, 0.717) is 11.3 Å². The van der Waals surface area contributed by atoms with Crippen LogP contribution >= 0.6 is 0 Å². The summed E-state index contributed by atoms with van der Waals surface area (Å²) in [5, 5.41) is 0. The molecule has 0 unspecified atom stereocenters. The number of rotatable bonds is 8. The lowest BCUT2D eigenvalue weighted by atomic mass is 10.0. The second-order valence-corrected chi connectivity index (χ2v) is 6.90. The first-order chi connectivity index (χ1) is 13.7. The van der Waals surface area contributed by atoms with Crippen molar-refractivity contribution >= 4 is 11.9 Å². The third-order valence-corrected chi connectivity index (χ3v) is 4.84. The van der Waals surface area contributed by atoms with Gasteiger partial charge in [-0.05, 0) is 60.1 Å². The average Bonchev–Trinajstić information content (AvgIpc) is 2.73. The van der Waals surface area contributed by atoms with Gasteiger partial charge >= 0.3 is 0 Å². The summed E-state index contributed by atoms with van der Waals surface area (Å²) in [5.74, 6) is -0.253. The molecule has 0 atom stereocenters. The van der Waals surface area contributed by atoms with Crippen LogP contribution in [0.5, 0.6) is 0 Å². The molecule has 0 saturated heterocycles. The van der Waals surface area contributed by atoms with E-state index in [1.54, 1.807) is 12.3 Å². The normalized spacial score (nSPS) is 11.1. The van der Waals surface area contributed by atoms with Gasteiger partial charge in [-0.3, -0.25) is 4.99 Å². The van der Waals surface area contributed by atoms with E-state index in [1.807, 2.05) is 48.5 Å². The van der Waals surface area contributed by atoms with Gasteiger partial charge in [0, 0.05) is 17.8 Å². The Balaban J connectivity index is 1.68. The van der Waals surface area contributed by atoms with Crippen LogP contribution in [0.25, 0.3) is 11.1 Å². The van der Waals surface area contributed by atoms with E-state index >= 15 is 0 Å². The first-order valence-electron chi connectivity index (χ1n) is 9.82. The minimum absolute atomic E-state index is 0.253. The van der Waals surface area contributed by atoms with Crippen molar-refractivity contribution < 1.29 is 4.39 Å². The van der Waals surface area contributed by atoms with Gasteiger partial charge in [-0.25, -0.2) is 4.39 Å². The van der Waals surface area contributed by atoms with E-state index in [9.17, 15) is 4.39 Å². The van der Waals surface area contributed by atoms with Crippen LogP contribution in [-0.2, 0) is 12.8 Å². The highest BCUT2D eigenvalue weighted by Gasteiger charge is 2.06. The van der Waals surface area contributed by atoms with Crippen molar-refractivity contribution in [3.63, 3.8) is 0 Å². The third kappa shape index (κ3) is 5.26. The van der Waals surface area contributed by atoms with Gasteiger partial charge in [-0.15, -0.1) is 6.58 Å². The monoisotopic (exact) mass is 371 g/mol. The number of unbranched alkanes of at least 4 members (excludes halogenated alkanes) is 1. The maximum atomic E-state index is 14.6. The maximum absolute atomic E-state index is 14.6. The van der Waals surface area contributed by atoms with Gasteiger partial charge in [0.25, 0.3) is 0 Å². The number of aliphatic imine (C=N–C) groups is 1. The first-order valence-corrected chi connectivity index (χ1v) is 9.82. The Bertz CT molecular complexity index is 937. The first kappa shape index (κ1) is 19.8. The van der Waals surface area contributed by atoms with Crippen LogP contribution in [0.4, 0.5) is 10.1 Å². The smallest absolute Gasteiger partial charge is 0.133 e. The number of benzene rings is 3. The summed E-state index contributed by atoms with van der Waals surface area (Å²) >= 11 is 0. The number of allylic oxidation sites excluding steroid dienone is 1. The van der Waals surface area contributed by atoms with Crippen LogP contribution in [0.2, 0.25) is 0 Å². The predicted molar refractivity (Wildman–Crippen MR) is 118 cm³/mol. The van der Waals surface area contributed by atoms with E-state index < -0.39 is 0 Å². The number of aryl methyl sites for hydroxylation is 2. The van der Waals surface area contributed by atoms with Gasteiger partial charge in [0.2, 0.25) is 0 Å². The molecule has 0 spiro atoms. The van der Waals surface area contributed by atoms with Crippen molar-refractivity contribution in [2.24, 2.45) is 4.99 Å². The van der Waals surface area contributed by atoms with Crippen molar-refractivity contribution in [2.75, 3.05) is 0 Å². The summed E-state index contributed by atoms with van der Waals surface area (Å²) in [7, 11) is 0. The molecule has 0 fully saturated rings. The molecule has 0 N–H and O–H groups in total. The van der Waals surface area contributed by atoms with Gasteiger partial charge in [0.05, 0.1) is 5.69 Å². The lowest BCUT2D eigenvalue weighted by Gasteiger charge is -2.06. The van der Waals surface area contributed by atoms with E-state index in [4.69, 9.17) is 0 Å². The molecule has 0 aliphatic heterocycles. The van der Waals surface area contributed by atoms with E-state index in [2.05, 4.69) is 30.6 Å². The van der Waals surface area contributed by atoms with Crippen molar-refractivity contribution in [2.45, 2.75) is 32.6 Å². The van der Waals surface area contributed by atoms with Crippen molar-refractivity contribution in [1.29, 1.82) is 0 Å². The third-order valence-electron chi connectivity index (χ3n) is 4.84. The molecule has 3 aromatic rings. The Morgan fingerprint density at radius 1 is 0.929 bits per heavy atom. The zero-order chi connectivity index (χ0) is 19.8. The molecule has 0 heterocycles. The molecule has 1 nitrogen and oxygen atoms in total. The number of halogens is 1. The molecule has 3 rings (SSSR count). The largest absolute Gasteiger partial charge is 0.256 e. The molecule has 2 heteroatoms. The quantitative estimate of drug-likeness (QED) is 0.223. The SMILES string of the molecule is C=CCCCc1ccc(C=Nc2ccc(-c3ccc(CC)cc3)c(F)c2)cc1. The van der Waals surface area contributed by atoms with Crippen LogP contribution in [0.3, 0.4) is 0 Å². The molecular weight excluding hydrogens is 345 g/mol. The Kier molecular flexibility index (Phi) is 6.91. The molecule has 0 bridgehead atoms. The van der Waals surface area contributed by atoms with E-state index in [0.717, 1.165) is 36.8 Å². The fourth-order valence-electron chi connectivity index (χ4n) is 3.11. The van der Waals surface area contributed by atoms with Crippen molar-refractivity contribution in [3.05, 3.63) is 102 Å². The van der Waals surface area contributed by atoms with Gasteiger partial charge in [-0.1, -0.05) is 61.5 Å². The summed E-state index contributed by atoms with van der Waals surface area (Å²) < 4.78 is 14.6. The van der Waals surface area contributed by atoms with Gasteiger partial charge < -0.3 is 0 Å². The highest BCUT2D eigenvalue weighted by Crippen LogP contribution is 2.27. The Morgan fingerprint density at radius 2 is 1.64 bits per heavy atom. The Labute approximate surface area is 167 Å². The number of nitrogens with zero attached hydrogens (tertiary/aromatic N) is 1. The predicted octanol–water partition coefficient (Wildman–Crippen LogP) is 7.31. The summed E-state index contributed by atoms with van der Waals surface area (Å²) in [6.45, 7) is 5.86. The summed E-state index contributed by atoms with van der Waals surface area (Å²) in [4.78, 5) is 4.43. The molecule has 0 radical (unpaired) electrons. The second-order valence-electron chi connectivity index (χ2n) is 6.90. The van der Waals surface area contributed by atoms with E-state index in [1.165, 1.54) is 17.2 Å². The van der Waals surface area contributed by atoms with Gasteiger partial charge in [0.15, 0.2) is 0 Å².